The lowest BCUT2D eigenvalue weighted by Gasteiger charge is -2.14. The zero-order valence-corrected chi connectivity index (χ0v) is 27.3. The van der Waals surface area contributed by atoms with Gasteiger partial charge < -0.3 is 14.2 Å². The number of hydrogen-bond acceptors (Lipinski definition) is 9. The van der Waals surface area contributed by atoms with E-state index in [1.165, 1.54) is 32.1 Å². The van der Waals surface area contributed by atoms with E-state index in [1.807, 2.05) is 78.9 Å². The maximum absolute atomic E-state index is 12.0. The summed E-state index contributed by atoms with van der Waals surface area (Å²) in [6, 6.07) is 24.7. The van der Waals surface area contributed by atoms with Gasteiger partial charge in [-0.05, 0) is 87.4 Å². The molecule has 0 bridgehead atoms. The van der Waals surface area contributed by atoms with E-state index in [4.69, 9.17) is 14.2 Å². The largest absolute Gasteiger partial charge is 0.494 e. The Hall–Kier alpha value is -4.40. The number of carbonyl (C=O) groups is 2. The van der Waals surface area contributed by atoms with E-state index in [0.29, 0.717) is 13.0 Å². The first-order valence-corrected chi connectivity index (χ1v) is 16.6. The summed E-state index contributed by atoms with van der Waals surface area (Å²) >= 11 is 0. The fourth-order valence-electron chi connectivity index (χ4n) is 4.79. The van der Waals surface area contributed by atoms with E-state index in [0.717, 1.165) is 60.6 Å². The van der Waals surface area contributed by atoms with Crippen molar-refractivity contribution in [3.05, 3.63) is 78.9 Å². The molecule has 0 atom stereocenters. The molecule has 0 fully saturated rings. The average molecular weight is 629 g/mol. The Morgan fingerprint density at radius 1 is 0.522 bits per heavy atom. The maximum atomic E-state index is 12.0. The van der Waals surface area contributed by atoms with Crippen LogP contribution < -0.4 is 4.74 Å². The molecule has 0 saturated heterocycles. The highest BCUT2D eigenvalue weighted by Crippen LogP contribution is 2.25. The minimum atomic E-state index is -0.792. The molecule has 0 amide bonds. The van der Waals surface area contributed by atoms with Crippen LogP contribution >= 0.6 is 0 Å². The molecule has 0 aromatic heterocycles. The highest BCUT2D eigenvalue weighted by Gasteiger charge is 2.28. The zero-order chi connectivity index (χ0) is 32.7. The van der Waals surface area contributed by atoms with Gasteiger partial charge in [0.1, 0.15) is 5.75 Å². The van der Waals surface area contributed by atoms with Crippen LogP contribution in [0.15, 0.2) is 99.3 Å². The van der Waals surface area contributed by atoms with Crippen LogP contribution in [0.1, 0.15) is 84.5 Å². The molecule has 0 heterocycles. The summed E-state index contributed by atoms with van der Waals surface area (Å²) in [5.74, 6) is -0.890. The lowest BCUT2D eigenvalue weighted by Crippen LogP contribution is -2.28. The van der Waals surface area contributed by atoms with Crippen molar-refractivity contribution in [2.24, 2.45) is 26.4 Å². The molecule has 9 heteroatoms. The van der Waals surface area contributed by atoms with Crippen LogP contribution in [-0.2, 0) is 19.1 Å². The number of esters is 2. The SMILES string of the molecule is CCOC(=O)C(CCCCCCCCCCCCOc1ccc(N=Nc2ccc(N=Nc3ccccc3)cc2)cc1)C(=O)OCC. The van der Waals surface area contributed by atoms with Gasteiger partial charge in [0, 0.05) is 0 Å². The van der Waals surface area contributed by atoms with Gasteiger partial charge in [-0.25, -0.2) is 0 Å². The quantitative estimate of drug-likeness (QED) is 0.0475. The van der Waals surface area contributed by atoms with Gasteiger partial charge >= 0.3 is 11.9 Å². The molecule has 46 heavy (non-hydrogen) atoms. The molecule has 0 unspecified atom stereocenters. The van der Waals surface area contributed by atoms with Gasteiger partial charge in [-0.15, -0.1) is 0 Å². The number of unbranched alkanes of at least 4 members (excludes halogenated alkanes) is 9. The van der Waals surface area contributed by atoms with Gasteiger partial charge in [0.25, 0.3) is 0 Å². The highest BCUT2D eigenvalue weighted by molar-refractivity contribution is 5.94. The smallest absolute Gasteiger partial charge is 0.320 e. The van der Waals surface area contributed by atoms with Crippen LogP contribution in [-0.4, -0.2) is 31.8 Å². The first kappa shape index (κ1) is 36.1. The minimum Gasteiger partial charge on any atom is -0.494 e. The molecule has 3 rings (SSSR count). The lowest BCUT2D eigenvalue weighted by molar-refractivity contribution is -0.161. The van der Waals surface area contributed by atoms with Gasteiger partial charge in [-0.2, -0.15) is 20.5 Å². The molecular formula is C37H48N4O5. The fourth-order valence-corrected chi connectivity index (χ4v) is 4.79. The van der Waals surface area contributed by atoms with Crippen molar-refractivity contribution in [1.82, 2.24) is 0 Å². The summed E-state index contributed by atoms with van der Waals surface area (Å²) in [5.41, 5.74) is 3.07. The molecule has 0 aliphatic rings. The fraction of sp³-hybridized carbons (Fsp3) is 0.459. The standard InChI is InChI=1S/C37H48N4O5/c1-3-44-36(42)35(37(43)45-4-2)20-16-11-9-7-5-6-8-10-12-17-29-46-34-27-25-33(26-28-34)41-40-32-23-21-31(22-24-32)39-38-30-18-14-13-15-19-30/h13-15,18-19,21-28,35H,3-12,16-17,20,29H2,1-2H3. The van der Waals surface area contributed by atoms with Crippen molar-refractivity contribution in [2.45, 2.75) is 84.5 Å². The summed E-state index contributed by atoms with van der Waals surface area (Å²) in [7, 11) is 0. The summed E-state index contributed by atoms with van der Waals surface area (Å²) in [5, 5.41) is 17.1. The van der Waals surface area contributed by atoms with Crippen LogP contribution in [0.2, 0.25) is 0 Å². The molecule has 3 aromatic rings. The average Bonchev–Trinajstić information content (AvgIpc) is 3.08. The van der Waals surface area contributed by atoms with E-state index in [2.05, 4.69) is 20.5 Å². The van der Waals surface area contributed by atoms with Crippen LogP contribution in [0.3, 0.4) is 0 Å². The van der Waals surface area contributed by atoms with Crippen molar-refractivity contribution >= 4 is 34.7 Å². The molecular weight excluding hydrogens is 580 g/mol. The lowest BCUT2D eigenvalue weighted by atomic mass is 10.00. The number of azo groups is 2. The van der Waals surface area contributed by atoms with Gasteiger partial charge in [0.05, 0.1) is 42.6 Å². The number of hydrogen-bond donors (Lipinski definition) is 0. The van der Waals surface area contributed by atoms with Crippen LogP contribution in [0.25, 0.3) is 0 Å². The van der Waals surface area contributed by atoms with Gasteiger partial charge in [0.15, 0.2) is 5.92 Å². The Morgan fingerprint density at radius 2 is 0.913 bits per heavy atom. The topological polar surface area (TPSA) is 111 Å². The Balaban J connectivity index is 1.19. The third-order valence-corrected chi connectivity index (χ3v) is 7.30. The van der Waals surface area contributed by atoms with Crippen LogP contribution in [0.5, 0.6) is 5.75 Å². The highest BCUT2D eigenvalue weighted by atomic mass is 16.6. The van der Waals surface area contributed by atoms with Gasteiger partial charge in [-0.1, -0.05) is 76.0 Å². The third-order valence-electron chi connectivity index (χ3n) is 7.30. The first-order valence-electron chi connectivity index (χ1n) is 16.6. The summed E-state index contributed by atoms with van der Waals surface area (Å²) in [4.78, 5) is 24.1. The summed E-state index contributed by atoms with van der Waals surface area (Å²) in [6.07, 6.45) is 11.7. The Labute approximate surface area is 273 Å². The second kappa shape index (κ2) is 22.2. The van der Waals surface area contributed by atoms with Crippen molar-refractivity contribution in [3.63, 3.8) is 0 Å². The van der Waals surface area contributed by atoms with Gasteiger partial charge in [-0.3, -0.25) is 9.59 Å². The number of ether oxygens (including phenoxy) is 3. The molecule has 3 aromatic carbocycles. The Kier molecular flexibility index (Phi) is 17.4. The third kappa shape index (κ3) is 14.6. The first-order chi connectivity index (χ1) is 22.6. The summed E-state index contributed by atoms with van der Waals surface area (Å²) < 4.78 is 16.0. The normalized spacial score (nSPS) is 11.4. The predicted molar refractivity (Wildman–Crippen MR) is 181 cm³/mol. The van der Waals surface area contributed by atoms with E-state index < -0.39 is 17.9 Å². The van der Waals surface area contributed by atoms with Crippen LogP contribution in [0.4, 0.5) is 22.7 Å². The zero-order valence-electron chi connectivity index (χ0n) is 27.3. The molecule has 246 valence electrons. The van der Waals surface area contributed by atoms with Gasteiger partial charge in [0.2, 0.25) is 0 Å². The number of carbonyl (C=O) groups excluding carboxylic acids is 2. The molecule has 0 saturated carbocycles. The second-order valence-electron chi connectivity index (χ2n) is 11.0. The maximum Gasteiger partial charge on any atom is 0.320 e. The molecule has 0 spiro atoms. The number of rotatable bonds is 22. The molecule has 0 aliphatic heterocycles. The number of nitrogens with zero attached hydrogens (tertiary/aromatic N) is 4. The Bertz CT molecular complexity index is 1310. The van der Waals surface area contributed by atoms with E-state index in [9.17, 15) is 9.59 Å². The predicted octanol–water partition coefficient (Wildman–Crippen LogP) is 10.9. The molecule has 0 aliphatic carbocycles. The van der Waals surface area contributed by atoms with Crippen LogP contribution in [0, 0.1) is 5.92 Å². The number of benzene rings is 3. The molecule has 9 nitrogen and oxygen atoms in total. The molecule has 0 N–H and O–H groups in total. The monoisotopic (exact) mass is 628 g/mol. The second-order valence-corrected chi connectivity index (χ2v) is 11.0. The minimum absolute atomic E-state index is 0.271. The van der Waals surface area contributed by atoms with E-state index >= 15 is 0 Å². The van der Waals surface area contributed by atoms with Crippen molar-refractivity contribution in [1.29, 1.82) is 0 Å². The van der Waals surface area contributed by atoms with E-state index in [1.54, 1.807) is 13.8 Å². The van der Waals surface area contributed by atoms with Crippen molar-refractivity contribution in [2.75, 3.05) is 19.8 Å². The molecule has 0 radical (unpaired) electrons. The Morgan fingerprint density at radius 3 is 1.37 bits per heavy atom. The van der Waals surface area contributed by atoms with Crippen molar-refractivity contribution < 1.29 is 23.8 Å². The summed E-state index contributed by atoms with van der Waals surface area (Å²) in [6.45, 7) is 4.73. The van der Waals surface area contributed by atoms with Crippen molar-refractivity contribution in [3.8, 4) is 5.75 Å². The van der Waals surface area contributed by atoms with E-state index in [-0.39, 0.29) is 13.2 Å².